The predicted molar refractivity (Wildman–Crippen MR) is 122 cm³/mol. The van der Waals surface area contributed by atoms with Gasteiger partial charge in [0, 0.05) is 38.1 Å². The van der Waals surface area contributed by atoms with Gasteiger partial charge in [0.15, 0.2) is 0 Å². The fourth-order valence-corrected chi connectivity index (χ4v) is 4.60. The van der Waals surface area contributed by atoms with Crippen LogP contribution in [0.1, 0.15) is 29.8 Å². The predicted octanol–water partition coefficient (Wildman–Crippen LogP) is 4.05. The second kappa shape index (κ2) is 9.85. The summed E-state index contributed by atoms with van der Waals surface area (Å²) < 4.78 is 4.47. The molecule has 0 bridgehead atoms. The summed E-state index contributed by atoms with van der Waals surface area (Å²) in [4.78, 5) is 21.3. The summed E-state index contributed by atoms with van der Waals surface area (Å²) in [6, 6.07) is 20.9. The molecule has 0 N–H and O–H groups in total. The largest absolute Gasteiger partial charge is 0.341 e. The van der Waals surface area contributed by atoms with Crippen LogP contribution in [-0.2, 0) is 17.6 Å². The summed E-state index contributed by atoms with van der Waals surface area (Å²) in [6.45, 7) is 2.04. The molecule has 3 aromatic rings. The molecule has 6 heteroatoms. The Morgan fingerprint density at radius 2 is 1.67 bits per heavy atom. The first-order chi connectivity index (χ1) is 14.7. The van der Waals surface area contributed by atoms with E-state index in [-0.39, 0.29) is 5.91 Å². The number of hydrogen-bond acceptors (Lipinski definition) is 5. The second-order valence-electron chi connectivity index (χ2n) is 8.03. The standard InChI is InChI=1S/C24H28N4OS/c1-27(24-25-22(26-30-24)17-20-10-6-3-7-11-20)18-23(29)28-14-12-21(13-15-28)16-19-8-4-2-5-9-19/h2-11,21H,12-18H2,1H3. The van der Waals surface area contributed by atoms with Crippen molar-refractivity contribution in [2.24, 2.45) is 5.92 Å². The quantitative estimate of drug-likeness (QED) is 0.579. The number of piperidine rings is 1. The van der Waals surface area contributed by atoms with Crippen LogP contribution >= 0.6 is 11.5 Å². The van der Waals surface area contributed by atoms with Gasteiger partial charge in [0.2, 0.25) is 11.0 Å². The molecule has 156 valence electrons. The van der Waals surface area contributed by atoms with Crippen molar-refractivity contribution in [2.75, 3.05) is 31.6 Å². The van der Waals surface area contributed by atoms with Crippen LogP contribution in [0.25, 0.3) is 0 Å². The Bertz CT molecular complexity index is 936. The Balaban J connectivity index is 1.25. The van der Waals surface area contributed by atoms with Gasteiger partial charge < -0.3 is 9.80 Å². The van der Waals surface area contributed by atoms with Crippen LogP contribution in [0.5, 0.6) is 0 Å². The normalized spacial score (nSPS) is 14.6. The molecule has 2 heterocycles. The van der Waals surface area contributed by atoms with E-state index in [4.69, 9.17) is 0 Å². The average molecular weight is 421 g/mol. The van der Waals surface area contributed by atoms with Gasteiger partial charge >= 0.3 is 0 Å². The minimum Gasteiger partial charge on any atom is -0.341 e. The summed E-state index contributed by atoms with van der Waals surface area (Å²) in [5, 5.41) is 0.799. The molecule has 0 aliphatic carbocycles. The number of hydrogen-bond donors (Lipinski definition) is 0. The number of likely N-dealkylation sites (N-methyl/N-ethyl adjacent to an activating group) is 1. The Hall–Kier alpha value is -2.73. The highest BCUT2D eigenvalue weighted by molar-refractivity contribution is 7.09. The summed E-state index contributed by atoms with van der Waals surface area (Å²) in [5.41, 5.74) is 2.59. The average Bonchev–Trinajstić information content (AvgIpc) is 3.24. The van der Waals surface area contributed by atoms with E-state index in [9.17, 15) is 4.79 Å². The maximum atomic E-state index is 12.8. The first kappa shape index (κ1) is 20.5. The summed E-state index contributed by atoms with van der Waals surface area (Å²) >= 11 is 1.36. The zero-order valence-corrected chi connectivity index (χ0v) is 18.2. The molecule has 0 unspecified atom stereocenters. The first-order valence-corrected chi connectivity index (χ1v) is 11.3. The number of amides is 1. The Morgan fingerprint density at radius 3 is 2.33 bits per heavy atom. The van der Waals surface area contributed by atoms with Gasteiger partial charge in [-0.05, 0) is 36.3 Å². The summed E-state index contributed by atoms with van der Waals surface area (Å²) in [5.74, 6) is 1.65. The van der Waals surface area contributed by atoms with E-state index in [1.54, 1.807) is 0 Å². The maximum absolute atomic E-state index is 12.8. The fourth-order valence-electron chi connectivity index (χ4n) is 3.95. The third-order valence-corrected chi connectivity index (χ3v) is 6.56. The molecule has 1 saturated heterocycles. The fraction of sp³-hybridized carbons (Fsp3) is 0.375. The van der Waals surface area contributed by atoms with Crippen LogP contribution in [0.15, 0.2) is 60.7 Å². The molecule has 0 saturated carbocycles. The Labute approximate surface area is 182 Å². The monoisotopic (exact) mass is 420 g/mol. The van der Waals surface area contributed by atoms with Crippen molar-refractivity contribution >= 4 is 22.6 Å². The van der Waals surface area contributed by atoms with Gasteiger partial charge in [0.1, 0.15) is 5.82 Å². The lowest BCUT2D eigenvalue weighted by Gasteiger charge is -2.33. The molecule has 2 aromatic carbocycles. The molecule has 1 amide bonds. The number of benzene rings is 2. The van der Waals surface area contributed by atoms with E-state index in [0.717, 1.165) is 43.3 Å². The minimum atomic E-state index is 0.176. The second-order valence-corrected chi connectivity index (χ2v) is 8.76. The van der Waals surface area contributed by atoms with Crippen molar-refractivity contribution < 1.29 is 4.79 Å². The zero-order valence-electron chi connectivity index (χ0n) is 17.4. The van der Waals surface area contributed by atoms with Crippen LogP contribution in [0.2, 0.25) is 0 Å². The van der Waals surface area contributed by atoms with Gasteiger partial charge in [-0.2, -0.15) is 4.37 Å². The highest BCUT2D eigenvalue weighted by Crippen LogP contribution is 2.23. The van der Waals surface area contributed by atoms with Crippen LogP contribution in [0, 0.1) is 5.92 Å². The van der Waals surface area contributed by atoms with E-state index < -0.39 is 0 Å². The Kier molecular flexibility index (Phi) is 6.74. The molecule has 0 spiro atoms. The van der Waals surface area contributed by atoms with E-state index in [0.29, 0.717) is 18.9 Å². The number of carbonyl (C=O) groups excluding carboxylic acids is 1. The summed E-state index contributed by atoms with van der Waals surface area (Å²) in [7, 11) is 1.92. The molecule has 0 atom stereocenters. The molecule has 0 radical (unpaired) electrons. The number of nitrogens with zero attached hydrogens (tertiary/aromatic N) is 4. The third kappa shape index (κ3) is 5.45. The van der Waals surface area contributed by atoms with Gasteiger partial charge in [0.25, 0.3) is 0 Å². The van der Waals surface area contributed by atoms with Crippen LogP contribution in [0.3, 0.4) is 0 Å². The smallest absolute Gasteiger partial charge is 0.242 e. The van der Waals surface area contributed by atoms with Gasteiger partial charge in [-0.15, -0.1) is 0 Å². The molecule has 1 aromatic heterocycles. The SMILES string of the molecule is CN(CC(=O)N1CCC(Cc2ccccc2)CC1)c1nc(Cc2ccccc2)ns1. The molecular formula is C24H28N4OS. The molecular weight excluding hydrogens is 392 g/mol. The molecule has 5 nitrogen and oxygen atoms in total. The number of carbonyl (C=O) groups is 1. The topological polar surface area (TPSA) is 49.3 Å². The van der Waals surface area contributed by atoms with E-state index in [1.165, 1.54) is 22.7 Å². The number of anilines is 1. The lowest BCUT2D eigenvalue weighted by molar-refractivity contribution is -0.131. The van der Waals surface area contributed by atoms with Crippen molar-refractivity contribution in [1.82, 2.24) is 14.3 Å². The molecule has 1 aliphatic rings. The number of rotatable bonds is 7. The van der Waals surface area contributed by atoms with Crippen molar-refractivity contribution in [2.45, 2.75) is 25.7 Å². The Morgan fingerprint density at radius 1 is 1.03 bits per heavy atom. The maximum Gasteiger partial charge on any atom is 0.242 e. The third-order valence-electron chi connectivity index (χ3n) is 5.70. The first-order valence-electron chi connectivity index (χ1n) is 10.6. The highest BCUT2D eigenvalue weighted by Gasteiger charge is 2.24. The molecule has 1 aliphatic heterocycles. The number of likely N-dealkylation sites (tertiary alicyclic amines) is 1. The minimum absolute atomic E-state index is 0.176. The van der Waals surface area contributed by atoms with Crippen LogP contribution in [-0.4, -0.2) is 46.8 Å². The van der Waals surface area contributed by atoms with E-state index in [1.807, 2.05) is 35.0 Å². The van der Waals surface area contributed by atoms with Crippen molar-refractivity contribution in [1.29, 1.82) is 0 Å². The van der Waals surface area contributed by atoms with Crippen molar-refractivity contribution in [3.05, 3.63) is 77.6 Å². The van der Waals surface area contributed by atoms with Crippen molar-refractivity contribution in [3.63, 3.8) is 0 Å². The van der Waals surface area contributed by atoms with Gasteiger partial charge in [-0.25, -0.2) is 4.98 Å². The molecule has 1 fully saturated rings. The van der Waals surface area contributed by atoms with E-state index >= 15 is 0 Å². The lowest BCUT2D eigenvalue weighted by Crippen LogP contribution is -2.43. The van der Waals surface area contributed by atoms with Crippen LogP contribution in [0.4, 0.5) is 5.13 Å². The van der Waals surface area contributed by atoms with Crippen LogP contribution < -0.4 is 4.90 Å². The zero-order chi connectivity index (χ0) is 20.8. The van der Waals surface area contributed by atoms with Gasteiger partial charge in [-0.3, -0.25) is 4.79 Å². The van der Waals surface area contributed by atoms with Gasteiger partial charge in [0.05, 0.1) is 6.54 Å². The number of aromatic nitrogens is 2. The van der Waals surface area contributed by atoms with Crippen molar-refractivity contribution in [3.8, 4) is 0 Å². The lowest BCUT2D eigenvalue weighted by atomic mass is 9.90. The van der Waals surface area contributed by atoms with E-state index in [2.05, 4.69) is 51.8 Å². The van der Waals surface area contributed by atoms with Gasteiger partial charge in [-0.1, -0.05) is 60.7 Å². The molecule has 4 rings (SSSR count). The molecule has 30 heavy (non-hydrogen) atoms. The highest BCUT2D eigenvalue weighted by atomic mass is 32.1. The summed E-state index contributed by atoms with van der Waals surface area (Å²) in [6.07, 6.45) is 3.97.